The highest BCUT2D eigenvalue weighted by molar-refractivity contribution is 7.09. The van der Waals surface area contributed by atoms with Crippen molar-refractivity contribution >= 4 is 34.9 Å². The molecule has 1 aromatic carbocycles. The number of imide groups is 1. The molecule has 1 aromatic heterocycles. The molecule has 6 nitrogen and oxygen atoms in total. The SMILES string of the molecule is C=CCN(Cc1cccs1)C(=O)CN1C(=O)[C@H](C)N(c2ccc(C)cc2)C1=O. The van der Waals surface area contributed by atoms with Crippen LogP contribution in [0.1, 0.15) is 17.4 Å². The van der Waals surface area contributed by atoms with Crippen molar-refractivity contribution in [1.29, 1.82) is 0 Å². The van der Waals surface area contributed by atoms with Crippen LogP contribution in [0.15, 0.2) is 54.4 Å². The van der Waals surface area contributed by atoms with Crippen LogP contribution in [0.4, 0.5) is 10.5 Å². The minimum absolute atomic E-state index is 0.274. The molecule has 0 unspecified atom stereocenters. The highest BCUT2D eigenvalue weighted by Crippen LogP contribution is 2.26. The summed E-state index contributed by atoms with van der Waals surface area (Å²) >= 11 is 1.55. The van der Waals surface area contributed by atoms with E-state index in [2.05, 4.69) is 6.58 Å². The Labute approximate surface area is 168 Å². The van der Waals surface area contributed by atoms with E-state index in [1.807, 2.05) is 48.7 Å². The number of amides is 4. The molecule has 146 valence electrons. The van der Waals surface area contributed by atoms with Crippen molar-refractivity contribution in [3.05, 3.63) is 64.9 Å². The molecule has 0 radical (unpaired) electrons. The quantitative estimate of drug-likeness (QED) is 0.531. The Morgan fingerprint density at radius 3 is 2.57 bits per heavy atom. The van der Waals surface area contributed by atoms with Crippen LogP contribution in [0.5, 0.6) is 0 Å². The fourth-order valence-corrected chi connectivity index (χ4v) is 3.87. The van der Waals surface area contributed by atoms with Gasteiger partial charge in [-0.05, 0) is 37.4 Å². The van der Waals surface area contributed by atoms with Gasteiger partial charge in [-0.1, -0.05) is 29.8 Å². The number of nitrogens with zero attached hydrogens (tertiary/aromatic N) is 3. The smallest absolute Gasteiger partial charge is 0.332 e. The number of thiophene rings is 1. The maximum atomic E-state index is 12.9. The Morgan fingerprint density at radius 1 is 1.25 bits per heavy atom. The summed E-state index contributed by atoms with van der Waals surface area (Å²) in [6.45, 7) is 7.84. The summed E-state index contributed by atoms with van der Waals surface area (Å²) in [7, 11) is 0. The topological polar surface area (TPSA) is 60.9 Å². The van der Waals surface area contributed by atoms with Gasteiger partial charge in [0.15, 0.2) is 0 Å². The van der Waals surface area contributed by atoms with Gasteiger partial charge in [0, 0.05) is 17.1 Å². The third-order valence-corrected chi connectivity index (χ3v) is 5.54. The molecule has 1 aliphatic rings. The lowest BCUT2D eigenvalue weighted by molar-refractivity contribution is -0.137. The van der Waals surface area contributed by atoms with Crippen LogP contribution in [0.2, 0.25) is 0 Å². The first-order valence-corrected chi connectivity index (χ1v) is 9.92. The van der Waals surface area contributed by atoms with Gasteiger partial charge in [0.25, 0.3) is 5.91 Å². The molecule has 1 fully saturated rings. The van der Waals surface area contributed by atoms with Crippen molar-refractivity contribution in [3.8, 4) is 0 Å². The van der Waals surface area contributed by atoms with E-state index in [4.69, 9.17) is 0 Å². The normalized spacial score (nSPS) is 16.6. The molecule has 0 saturated carbocycles. The lowest BCUT2D eigenvalue weighted by Crippen LogP contribution is -2.43. The predicted molar refractivity (Wildman–Crippen MR) is 110 cm³/mol. The molecular formula is C21H23N3O3S. The summed E-state index contributed by atoms with van der Waals surface area (Å²) in [6.07, 6.45) is 1.64. The van der Waals surface area contributed by atoms with E-state index in [0.29, 0.717) is 18.8 Å². The summed E-state index contributed by atoms with van der Waals surface area (Å²) in [5.74, 6) is -0.651. The molecule has 2 aromatic rings. The first-order chi connectivity index (χ1) is 13.4. The van der Waals surface area contributed by atoms with Crippen LogP contribution < -0.4 is 4.90 Å². The van der Waals surface area contributed by atoms with Crippen molar-refractivity contribution in [2.75, 3.05) is 18.0 Å². The molecule has 4 amide bonds. The molecule has 2 heterocycles. The van der Waals surface area contributed by atoms with Gasteiger partial charge in [0.05, 0.1) is 6.54 Å². The lowest BCUT2D eigenvalue weighted by Gasteiger charge is -2.23. The fraction of sp³-hybridized carbons (Fsp3) is 0.286. The number of anilines is 1. The van der Waals surface area contributed by atoms with E-state index in [1.165, 1.54) is 4.90 Å². The molecule has 3 rings (SSSR count). The minimum atomic E-state index is -0.645. The van der Waals surface area contributed by atoms with Crippen LogP contribution in [-0.4, -0.2) is 46.8 Å². The van der Waals surface area contributed by atoms with Crippen LogP contribution in [0.25, 0.3) is 0 Å². The van der Waals surface area contributed by atoms with E-state index in [9.17, 15) is 14.4 Å². The van der Waals surface area contributed by atoms with Gasteiger partial charge in [-0.2, -0.15) is 0 Å². The van der Waals surface area contributed by atoms with E-state index < -0.39 is 12.1 Å². The average molecular weight is 398 g/mol. The second-order valence-electron chi connectivity index (χ2n) is 6.73. The number of carbonyl (C=O) groups is 3. The van der Waals surface area contributed by atoms with E-state index in [0.717, 1.165) is 15.3 Å². The monoisotopic (exact) mass is 397 g/mol. The third-order valence-electron chi connectivity index (χ3n) is 4.68. The van der Waals surface area contributed by atoms with Gasteiger partial charge >= 0.3 is 6.03 Å². The third kappa shape index (κ3) is 3.99. The summed E-state index contributed by atoms with van der Waals surface area (Å²) in [5.41, 5.74) is 1.71. The lowest BCUT2D eigenvalue weighted by atomic mass is 10.2. The Hall–Kier alpha value is -2.93. The summed E-state index contributed by atoms with van der Waals surface area (Å²) in [6, 6.07) is 10.2. The Kier molecular flexibility index (Phi) is 5.94. The number of hydrogen-bond acceptors (Lipinski definition) is 4. The average Bonchev–Trinajstić information content (AvgIpc) is 3.25. The molecule has 1 atom stereocenters. The maximum absolute atomic E-state index is 12.9. The summed E-state index contributed by atoms with van der Waals surface area (Å²) in [4.78, 5) is 43.5. The number of carbonyl (C=O) groups excluding carboxylic acids is 3. The van der Waals surface area contributed by atoms with Crippen molar-refractivity contribution in [2.24, 2.45) is 0 Å². The molecule has 7 heteroatoms. The standard InChI is InChI=1S/C21H23N3O3S/c1-4-11-22(13-18-6-5-12-28-18)19(25)14-23-20(26)16(3)24(21(23)27)17-9-7-15(2)8-10-17/h4-10,12,16H,1,11,13-14H2,2-3H3/t16-/m0/s1. The van der Waals surface area contributed by atoms with Crippen molar-refractivity contribution < 1.29 is 14.4 Å². The van der Waals surface area contributed by atoms with Crippen molar-refractivity contribution in [3.63, 3.8) is 0 Å². The molecular weight excluding hydrogens is 374 g/mol. The predicted octanol–water partition coefficient (Wildman–Crippen LogP) is 3.43. The Balaban J connectivity index is 1.75. The first-order valence-electron chi connectivity index (χ1n) is 9.04. The molecule has 0 bridgehead atoms. The highest BCUT2D eigenvalue weighted by atomic mass is 32.1. The zero-order valence-corrected chi connectivity index (χ0v) is 16.8. The van der Waals surface area contributed by atoms with Crippen LogP contribution in [-0.2, 0) is 16.1 Å². The first kappa shape index (κ1) is 19.8. The number of urea groups is 1. The van der Waals surface area contributed by atoms with E-state index in [1.54, 1.807) is 29.2 Å². The zero-order valence-electron chi connectivity index (χ0n) is 16.0. The Bertz CT molecular complexity index is 877. The van der Waals surface area contributed by atoms with Crippen LogP contribution in [0, 0.1) is 6.92 Å². The van der Waals surface area contributed by atoms with Gasteiger partial charge in [-0.15, -0.1) is 17.9 Å². The fourth-order valence-electron chi connectivity index (χ4n) is 3.15. The van der Waals surface area contributed by atoms with E-state index in [-0.39, 0.29) is 18.4 Å². The highest BCUT2D eigenvalue weighted by Gasteiger charge is 2.44. The van der Waals surface area contributed by atoms with E-state index >= 15 is 0 Å². The molecule has 28 heavy (non-hydrogen) atoms. The summed E-state index contributed by atoms with van der Waals surface area (Å²) in [5, 5.41) is 1.94. The molecule has 0 spiro atoms. The second kappa shape index (κ2) is 8.39. The van der Waals surface area contributed by atoms with Crippen molar-refractivity contribution in [1.82, 2.24) is 9.80 Å². The minimum Gasteiger partial charge on any atom is -0.332 e. The largest absolute Gasteiger partial charge is 0.332 e. The Morgan fingerprint density at radius 2 is 1.96 bits per heavy atom. The van der Waals surface area contributed by atoms with Gasteiger partial charge < -0.3 is 4.90 Å². The maximum Gasteiger partial charge on any atom is 0.332 e. The van der Waals surface area contributed by atoms with Gasteiger partial charge in [-0.3, -0.25) is 19.4 Å². The number of benzene rings is 1. The zero-order chi connectivity index (χ0) is 20.3. The molecule has 1 saturated heterocycles. The van der Waals surface area contributed by atoms with Crippen LogP contribution in [0.3, 0.4) is 0 Å². The van der Waals surface area contributed by atoms with Gasteiger partial charge in [-0.25, -0.2) is 4.79 Å². The second-order valence-corrected chi connectivity index (χ2v) is 7.76. The molecule has 1 aliphatic heterocycles. The summed E-state index contributed by atoms with van der Waals surface area (Å²) < 4.78 is 0. The molecule has 0 aliphatic carbocycles. The number of hydrogen-bond donors (Lipinski definition) is 0. The van der Waals surface area contributed by atoms with Crippen LogP contribution >= 0.6 is 11.3 Å². The number of rotatable bonds is 7. The molecule has 0 N–H and O–H groups in total. The van der Waals surface area contributed by atoms with Gasteiger partial charge in [0.2, 0.25) is 5.91 Å². The van der Waals surface area contributed by atoms with Gasteiger partial charge in [0.1, 0.15) is 12.6 Å². The number of aryl methyl sites for hydroxylation is 1. The van der Waals surface area contributed by atoms with Crippen molar-refractivity contribution in [2.45, 2.75) is 26.4 Å².